The number of allylic oxidation sites excluding steroid dienone is 1. The third-order valence-corrected chi connectivity index (χ3v) is 8.15. The average molecular weight is 638 g/mol. The average Bonchev–Trinajstić information content (AvgIpc) is 3.72. The van der Waals surface area contributed by atoms with Gasteiger partial charge in [-0.2, -0.15) is 5.26 Å². The molecule has 2 atom stereocenters. The molecule has 0 bridgehead atoms. The van der Waals surface area contributed by atoms with E-state index in [1.165, 1.54) is 43.2 Å². The second-order valence-electron chi connectivity index (χ2n) is 10.6. The van der Waals surface area contributed by atoms with Gasteiger partial charge in [0.2, 0.25) is 0 Å². The Morgan fingerprint density at radius 3 is 2.59 bits per heavy atom. The second-order valence-corrected chi connectivity index (χ2v) is 11.4. The van der Waals surface area contributed by atoms with Crippen LogP contribution in [0.15, 0.2) is 77.1 Å². The first-order valence-electron chi connectivity index (χ1n) is 14.1. The maximum Gasteiger partial charge on any atom is 0.141 e. The second kappa shape index (κ2) is 14.1. The van der Waals surface area contributed by atoms with Crippen molar-refractivity contribution in [2.75, 3.05) is 23.7 Å². The van der Waals surface area contributed by atoms with Gasteiger partial charge in [-0.05, 0) is 87.5 Å². The zero-order valence-corrected chi connectivity index (χ0v) is 25.5. The lowest BCUT2D eigenvalue weighted by molar-refractivity contribution is 0.257. The number of hydrogen-bond acceptors (Lipinski definition) is 8. The lowest BCUT2D eigenvalue weighted by Crippen LogP contribution is -2.39. The van der Waals surface area contributed by atoms with Crippen LogP contribution in [0.5, 0.6) is 0 Å². The van der Waals surface area contributed by atoms with Gasteiger partial charge in [0.25, 0.3) is 0 Å². The van der Waals surface area contributed by atoms with E-state index in [0.29, 0.717) is 39.9 Å². The minimum atomic E-state index is -0.563. The Hall–Kier alpha value is -4.14. The molecule has 12 heteroatoms. The first-order valence-corrected chi connectivity index (χ1v) is 14.9. The first-order chi connectivity index (χ1) is 21.2. The Morgan fingerprint density at radius 2 is 1.91 bits per heavy atom. The maximum absolute atomic E-state index is 13.9. The molecule has 2 aliphatic heterocycles. The van der Waals surface area contributed by atoms with Gasteiger partial charge in [-0.1, -0.05) is 35.3 Å². The molecular weight excluding hydrogens is 605 g/mol. The van der Waals surface area contributed by atoms with E-state index in [1.807, 2.05) is 11.2 Å². The van der Waals surface area contributed by atoms with Crippen molar-refractivity contribution in [3.63, 3.8) is 0 Å². The summed E-state index contributed by atoms with van der Waals surface area (Å²) in [4.78, 5) is 4.14. The van der Waals surface area contributed by atoms with Gasteiger partial charge in [0.15, 0.2) is 0 Å². The number of aliphatic imine (C=N–C) groups is 1. The molecule has 0 saturated carbocycles. The molecule has 5 N–H and O–H groups in total. The van der Waals surface area contributed by atoms with Crippen LogP contribution < -0.4 is 26.9 Å². The predicted octanol–water partition coefficient (Wildman–Crippen LogP) is 7.43. The molecule has 0 aliphatic carbocycles. The van der Waals surface area contributed by atoms with Gasteiger partial charge in [-0.3, -0.25) is 10.0 Å². The number of rotatable bonds is 11. The molecule has 44 heavy (non-hydrogen) atoms. The molecule has 0 amide bonds. The van der Waals surface area contributed by atoms with E-state index in [2.05, 4.69) is 44.7 Å². The SMILES string of the molecule is C=Nc1c(Cl)cc(NC(C2=CN(CC[C@H]3CCCN3)NN2)c2ccc(F)cc2)cc1/C(Nc1ccc(F)c(Cl)c1)=C(\C)C#N. The van der Waals surface area contributed by atoms with E-state index in [4.69, 9.17) is 23.2 Å². The number of halogens is 4. The standard InChI is InChI=1S/C32H32Cl2F2N8/c1-19(17-37)30(40-23-9-10-28(36)26(33)15-23)25-14-24(16-27(34)32(25)38-2)41-31(20-5-7-21(35)8-6-20)29-18-44(43-42-29)13-11-22-4-3-12-39-22/h5-10,14-16,18,22,31,39-43H,2-4,11-13H2,1H3/b30-19-/t22-,31?/m1/s1. The molecular formula is C32H32Cl2F2N8. The van der Waals surface area contributed by atoms with E-state index in [9.17, 15) is 14.0 Å². The van der Waals surface area contributed by atoms with Crippen LogP contribution in [-0.2, 0) is 0 Å². The molecule has 0 aromatic heterocycles. The van der Waals surface area contributed by atoms with Gasteiger partial charge in [-0.15, -0.1) is 5.53 Å². The third-order valence-electron chi connectivity index (χ3n) is 7.57. The summed E-state index contributed by atoms with van der Waals surface area (Å²) >= 11 is 12.7. The molecule has 2 heterocycles. The normalized spacial score (nSPS) is 17.3. The molecule has 5 rings (SSSR count). The van der Waals surface area contributed by atoms with Gasteiger partial charge in [-0.25, -0.2) is 8.78 Å². The Balaban J connectivity index is 1.49. The number of nitrogens with one attached hydrogen (secondary N) is 5. The Labute approximate surface area is 265 Å². The minimum Gasteiger partial charge on any atom is -0.373 e. The van der Waals surface area contributed by atoms with Crippen LogP contribution in [0.1, 0.15) is 43.4 Å². The number of hydrazine groups is 2. The molecule has 228 valence electrons. The fourth-order valence-electron chi connectivity index (χ4n) is 5.27. The van der Waals surface area contributed by atoms with Crippen molar-refractivity contribution in [3.8, 4) is 6.07 Å². The Morgan fingerprint density at radius 1 is 1.14 bits per heavy atom. The molecule has 8 nitrogen and oxygen atoms in total. The smallest absolute Gasteiger partial charge is 0.141 e. The highest BCUT2D eigenvalue weighted by molar-refractivity contribution is 6.34. The van der Waals surface area contributed by atoms with Gasteiger partial charge in [0, 0.05) is 35.7 Å². The highest BCUT2D eigenvalue weighted by Gasteiger charge is 2.25. The van der Waals surface area contributed by atoms with E-state index < -0.39 is 11.9 Å². The summed E-state index contributed by atoms with van der Waals surface area (Å²) in [5, 5.41) is 22.3. The summed E-state index contributed by atoms with van der Waals surface area (Å²) < 4.78 is 27.7. The molecule has 3 aromatic rings. The number of nitriles is 1. The van der Waals surface area contributed by atoms with E-state index in [0.717, 1.165) is 30.8 Å². The summed E-state index contributed by atoms with van der Waals surface area (Å²) in [5.41, 5.74) is 10.7. The van der Waals surface area contributed by atoms with Gasteiger partial charge in [0.05, 0.1) is 44.8 Å². The third kappa shape index (κ3) is 7.31. The van der Waals surface area contributed by atoms with E-state index in [-0.39, 0.29) is 15.9 Å². The summed E-state index contributed by atoms with van der Waals surface area (Å²) in [7, 11) is 0. The summed E-state index contributed by atoms with van der Waals surface area (Å²) in [6.07, 6.45) is 5.34. The zero-order chi connectivity index (χ0) is 31.2. The van der Waals surface area contributed by atoms with Crippen LogP contribution in [0.25, 0.3) is 5.70 Å². The lowest BCUT2D eigenvalue weighted by atomic mass is 10.0. The van der Waals surface area contributed by atoms with Crippen molar-refractivity contribution in [1.29, 1.82) is 5.26 Å². The fourth-order valence-corrected chi connectivity index (χ4v) is 5.73. The summed E-state index contributed by atoms with van der Waals surface area (Å²) in [6, 6.07) is 16.2. The van der Waals surface area contributed by atoms with Crippen LogP contribution >= 0.6 is 23.2 Å². The van der Waals surface area contributed by atoms with Gasteiger partial charge < -0.3 is 21.4 Å². The number of benzene rings is 3. The topological polar surface area (TPSA) is 99.5 Å². The minimum absolute atomic E-state index is 0.0684. The molecule has 0 spiro atoms. The van der Waals surface area contributed by atoms with Crippen molar-refractivity contribution in [2.45, 2.75) is 38.3 Å². The summed E-state index contributed by atoms with van der Waals surface area (Å²) in [5.74, 6) is -0.905. The summed E-state index contributed by atoms with van der Waals surface area (Å²) in [6.45, 7) is 7.17. The molecule has 1 fully saturated rings. The van der Waals surface area contributed by atoms with Crippen molar-refractivity contribution in [3.05, 3.63) is 105 Å². The van der Waals surface area contributed by atoms with Gasteiger partial charge in [0.1, 0.15) is 11.6 Å². The molecule has 3 aromatic carbocycles. The molecule has 0 radical (unpaired) electrons. The van der Waals surface area contributed by atoms with Crippen molar-refractivity contribution >= 4 is 52.7 Å². The number of anilines is 2. The van der Waals surface area contributed by atoms with Crippen molar-refractivity contribution < 1.29 is 8.78 Å². The van der Waals surface area contributed by atoms with Gasteiger partial charge >= 0.3 is 0 Å². The molecule has 2 aliphatic rings. The monoisotopic (exact) mass is 636 g/mol. The Bertz CT molecular complexity index is 1630. The lowest BCUT2D eigenvalue weighted by Gasteiger charge is -2.23. The van der Waals surface area contributed by atoms with Crippen molar-refractivity contribution in [2.24, 2.45) is 4.99 Å². The van der Waals surface area contributed by atoms with Crippen molar-refractivity contribution in [1.82, 2.24) is 21.3 Å². The number of nitrogens with zero attached hydrogens (tertiary/aromatic N) is 3. The predicted molar refractivity (Wildman–Crippen MR) is 173 cm³/mol. The van der Waals surface area contributed by atoms with Crippen LogP contribution in [0, 0.1) is 23.0 Å². The largest absolute Gasteiger partial charge is 0.373 e. The molecule has 1 saturated heterocycles. The van der Waals surface area contributed by atoms with E-state index in [1.54, 1.807) is 31.2 Å². The van der Waals surface area contributed by atoms with Crippen LogP contribution in [0.3, 0.4) is 0 Å². The first kappa shape index (κ1) is 31.3. The fraction of sp³-hybridized carbons (Fsp3) is 0.250. The zero-order valence-electron chi connectivity index (χ0n) is 24.0. The van der Waals surface area contributed by atoms with Crippen LogP contribution in [-0.4, -0.2) is 30.9 Å². The highest BCUT2D eigenvalue weighted by atomic mass is 35.5. The maximum atomic E-state index is 13.9. The van der Waals surface area contributed by atoms with Crippen LogP contribution in [0.4, 0.5) is 25.8 Å². The number of hydrogen-bond donors (Lipinski definition) is 5. The quantitative estimate of drug-likeness (QED) is 0.110. The molecule has 1 unspecified atom stereocenters. The Kier molecular flexibility index (Phi) is 10.0. The highest BCUT2D eigenvalue weighted by Crippen LogP contribution is 2.40. The van der Waals surface area contributed by atoms with Crippen LogP contribution in [0.2, 0.25) is 10.0 Å². The van der Waals surface area contributed by atoms with E-state index >= 15 is 0 Å².